The van der Waals surface area contributed by atoms with Crippen LogP contribution in [0.2, 0.25) is 0 Å². The molecule has 0 aliphatic heterocycles. The molecule has 1 nitrogen and oxygen atoms in total. The van der Waals surface area contributed by atoms with Gasteiger partial charge in [-0.25, -0.2) is 0 Å². The van der Waals surface area contributed by atoms with Crippen LogP contribution in [0.5, 0.6) is 0 Å². The van der Waals surface area contributed by atoms with Gasteiger partial charge in [0, 0.05) is 22.4 Å². The minimum atomic E-state index is -0.108. The monoisotopic (exact) mass is 791 g/mol. The molecule has 0 bridgehead atoms. The van der Waals surface area contributed by atoms with Gasteiger partial charge in [0.25, 0.3) is 0 Å². The van der Waals surface area contributed by atoms with Crippen molar-refractivity contribution in [3.05, 3.63) is 248 Å². The molecule has 0 spiro atoms. The molecule has 0 heterocycles. The van der Waals surface area contributed by atoms with Crippen molar-refractivity contribution in [2.24, 2.45) is 0 Å². The van der Waals surface area contributed by atoms with E-state index in [2.05, 4.69) is 255 Å². The van der Waals surface area contributed by atoms with Crippen LogP contribution in [-0.2, 0) is 5.41 Å². The molecule has 0 fully saturated rings. The van der Waals surface area contributed by atoms with Gasteiger partial charge in [0.1, 0.15) is 0 Å². The summed E-state index contributed by atoms with van der Waals surface area (Å²) in [5.74, 6) is 0. The fourth-order valence-electron chi connectivity index (χ4n) is 9.97. The fourth-order valence-corrected chi connectivity index (χ4v) is 9.97. The molecule has 0 unspecified atom stereocenters. The van der Waals surface area contributed by atoms with Crippen LogP contribution in [0.1, 0.15) is 25.0 Å². The van der Waals surface area contributed by atoms with Crippen LogP contribution in [0.3, 0.4) is 0 Å². The number of benzene rings is 10. The van der Waals surface area contributed by atoms with E-state index in [0.717, 1.165) is 22.6 Å². The maximum atomic E-state index is 2.44. The Balaban J connectivity index is 1.07. The predicted molar refractivity (Wildman–Crippen MR) is 263 cm³/mol. The molecule has 1 aliphatic carbocycles. The Morgan fingerprint density at radius 1 is 0.306 bits per heavy atom. The highest BCUT2D eigenvalue weighted by Crippen LogP contribution is 2.52. The maximum Gasteiger partial charge on any atom is 0.0540 e. The Hall–Kier alpha value is -7.74. The van der Waals surface area contributed by atoms with Crippen molar-refractivity contribution in [3.8, 4) is 66.8 Å². The SMILES string of the molecule is CC1(C)c2ccccc2-c2cccc(-c3ccc(N(c4cccc(-c5ccccc5-c5ccccc5)c4)c4ccccc4-c4cccc(-c5cccc6ccccc56)c4)cc3)c21. The molecule has 62 heavy (non-hydrogen) atoms. The zero-order valence-electron chi connectivity index (χ0n) is 35.0. The number of fused-ring (bicyclic) bond motifs is 4. The number of hydrogen-bond acceptors (Lipinski definition) is 1. The van der Waals surface area contributed by atoms with Crippen LogP contribution >= 0.6 is 0 Å². The zero-order valence-corrected chi connectivity index (χ0v) is 35.0. The van der Waals surface area contributed by atoms with Gasteiger partial charge in [-0.15, -0.1) is 0 Å². The second-order valence-corrected chi connectivity index (χ2v) is 16.9. The second-order valence-electron chi connectivity index (χ2n) is 16.9. The van der Waals surface area contributed by atoms with E-state index in [1.807, 2.05) is 0 Å². The predicted octanol–water partition coefficient (Wildman–Crippen LogP) is 17.0. The van der Waals surface area contributed by atoms with Gasteiger partial charge in [-0.2, -0.15) is 0 Å². The first kappa shape index (κ1) is 37.3. The number of anilines is 3. The van der Waals surface area contributed by atoms with Gasteiger partial charge >= 0.3 is 0 Å². The van der Waals surface area contributed by atoms with Crippen molar-refractivity contribution in [2.75, 3.05) is 4.90 Å². The van der Waals surface area contributed by atoms with E-state index in [1.54, 1.807) is 0 Å². The summed E-state index contributed by atoms with van der Waals surface area (Å²) < 4.78 is 0. The third-order valence-electron chi connectivity index (χ3n) is 12.9. The van der Waals surface area contributed by atoms with Crippen LogP contribution in [0.15, 0.2) is 237 Å². The maximum absolute atomic E-state index is 2.44. The van der Waals surface area contributed by atoms with Crippen molar-refractivity contribution in [1.29, 1.82) is 0 Å². The zero-order chi connectivity index (χ0) is 41.6. The van der Waals surface area contributed by atoms with Gasteiger partial charge in [0.2, 0.25) is 0 Å². The van der Waals surface area contributed by atoms with Crippen molar-refractivity contribution < 1.29 is 0 Å². The van der Waals surface area contributed by atoms with Crippen molar-refractivity contribution in [2.45, 2.75) is 19.3 Å². The Morgan fingerprint density at radius 2 is 0.806 bits per heavy atom. The molecule has 0 radical (unpaired) electrons. The van der Waals surface area contributed by atoms with Gasteiger partial charge < -0.3 is 4.90 Å². The highest BCUT2D eigenvalue weighted by molar-refractivity contribution is 5.98. The lowest BCUT2D eigenvalue weighted by Crippen LogP contribution is -2.16. The van der Waals surface area contributed by atoms with E-state index in [-0.39, 0.29) is 5.41 Å². The van der Waals surface area contributed by atoms with E-state index in [9.17, 15) is 0 Å². The van der Waals surface area contributed by atoms with E-state index < -0.39 is 0 Å². The highest BCUT2D eigenvalue weighted by atomic mass is 15.1. The van der Waals surface area contributed by atoms with Crippen molar-refractivity contribution in [3.63, 3.8) is 0 Å². The lowest BCUT2D eigenvalue weighted by Gasteiger charge is -2.29. The molecule has 0 amide bonds. The average molecular weight is 792 g/mol. The number of nitrogens with zero attached hydrogens (tertiary/aromatic N) is 1. The molecule has 11 rings (SSSR count). The molecular formula is C61H45N. The first-order valence-electron chi connectivity index (χ1n) is 21.6. The van der Waals surface area contributed by atoms with Crippen molar-refractivity contribution >= 4 is 27.8 Å². The summed E-state index contributed by atoms with van der Waals surface area (Å²) in [4.78, 5) is 2.44. The van der Waals surface area contributed by atoms with Crippen LogP contribution in [0.25, 0.3) is 77.5 Å². The van der Waals surface area contributed by atoms with E-state index >= 15 is 0 Å². The Bertz CT molecular complexity index is 3260. The highest BCUT2D eigenvalue weighted by Gasteiger charge is 2.37. The summed E-state index contributed by atoms with van der Waals surface area (Å²) >= 11 is 0. The first-order valence-corrected chi connectivity index (χ1v) is 21.6. The summed E-state index contributed by atoms with van der Waals surface area (Å²) in [5.41, 5.74) is 20.7. The minimum Gasteiger partial charge on any atom is -0.310 e. The normalized spacial score (nSPS) is 12.5. The fraction of sp³-hybridized carbons (Fsp3) is 0.0492. The molecule has 0 saturated carbocycles. The van der Waals surface area contributed by atoms with Crippen molar-refractivity contribution in [1.82, 2.24) is 0 Å². The Kier molecular flexibility index (Phi) is 9.24. The molecule has 10 aromatic carbocycles. The van der Waals surface area contributed by atoms with Crippen LogP contribution in [0, 0.1) is 0 Å². The molecule has 10 aromatic rings. The van der Waals surface area contributed by atoms with Gasteiger partial charge in [0.05, 0.1) is 5.69 Å². The molecule has 0 aromatic heterocycles. The Morgan fingerprint density at radius 3 is 1.61 bits per heavy atom. The van der Waals surface area contributed by atoms with Crippen LogP contribution in [0.4, 0.5) is 17.1 Å². The van der Waals surface area contributed by atoms with Crippen LogP contribution < -0.4 is 4.90 Å². The summed E-state index contributed by atoms with van der Waals surface area (Å²) in [5, 5.41) is 2.50. The lowest BCUT2D eigenvalue weighted by atomic mass is 9.79. The number of para-hydroxylation sites is 1. The molecule has 1 aliphatic rings. The molecule has 1 heteroatoms. The summed E-state index contributed by atoms with van der Waals surface area (Å²) in [6, 6.07) is 86.5. The molecular weight excluding hydrogens is 747 g/mol. The number of rotatable bonds is 8. The largest absolute Gasteiger partial charge is 0.310 e. The molecule has 0 atom stereocenters. The van der Waals surface area contributed by atoms with Gasteiger partial charge in [-0.3, -0.25) is 0 Å². The van der Waals surface area contributed by atoms with E-state index in [0.29, 0.717) is 0 Å². The van der Waals surface area contributed by atoms with Gasteiger partial charge in [-0.1, -0.05) is 214 Å². The average Bonchev–Trinajstić information content (AvgIpc) is 3.58. The molecule has 294 valence electrons. The quantitative estimate of drug-likeness (QED) is 0.148. The second kappa shape index (κ2) is 15.4. The van der Waals surface area contributed by atoms with Crippen LogP contribution in [-0.4, -0.2) is 0 Å². The van der Waals surface area contributed by atoms with Gasteiger partial charge in [0.15, 0.2) is 0 Å². The topological polar surface area (TPSA) is 3.24 Å². The standard InChI is InChI=1S/C61H45N/c1-61(2)58-34-12-10-30-56(58)57-33-17-32-55(60(57)61)44-36-38-48(39-37-44)62(49-25-15-24-47(41-49)52-28-9-8-27-50(52)42-18-4-3-5-19-42)59-35-13-11-29-54(59)46-23-14-22-45(40-46)53-31-16-21-43-20-6-7-26-51(43)53/h3-41H,1-2H3. The lowest BCUT2D eigenvalue weighted by molar-refractivity contribution is 0.662. The molecule has 0 saturated heterocycles. The first-order chi connectivity index (χ1) is 30.5. The minimum absolute atomic E-state index is 0.108. The third kappa shape index (κ3) is 6.42. The summed E-state index contributed by atoms with van der Waals surface area (Å²) in [6.07, 6.45) is 0. The Labute approximate surface area is 364 Å². The summed E-state index contributed by atoms with van der Waals surface area (Å²) in [6.45, 7) is 4.73. The number of hydrogen-bond donors (Lipinski definition) is 0. The van der Waals surface area contributed by atoms with Gasteiger partial charge in [-0.05, 0) is 119 Å². The van der Waals surface area contributed by atoms with E-state index in [4.69, 9.17) is 0 Å². The summed E-state index contributed by atoms with van der Waals surface area (Å²) in [7, 11) is 0. The third-order valence-corrected chi connectivity index (χ3v) is 12.9. The van der Waals surface area contributed by atoms with E-state index in [1.165, 1.54) is 83.1 Å². The smallest absolute Gasteiger partial charge is 0.0540 e. The molecule has 0 N–H and O–H groups in total.